The molecule has 2 aromatic carbocycles. The molecule has 25 heavy (non-hydrogen) atoms. The first kappa shape index (κ1) is 17.6. The Bertz CT molecular complexity index is 965. The maximum absolute atomic E-state index is 12.5. The maximum atomic E-state index is 12.5. The molecule has 0 bridgehead atoms. The summed E-state index contributed by atoms with van der Waals surface area (Å²) in [6.07, 6.45) is 0.772. The van der Waals surface area contributed by atoms with Crippen LogP contribution < -0.4 is 9.62 Å². The van der Waals surface area contributed by atoms with Crippen molar-refractivity contribution in [2.75, 3.05) is 18.4 Å². The number of carbonyl (C=O) groups excluding carboxylic acids is 2. The summed E-state index contributed by atoms with van der Waals surface area (Å²) < 4.78 is 8.45. The van der Waals surface area contributed by atoms with E-state index in [1.54, 1.807) is 42.7 Å². The van der Waals surface area contributed by atoms with Crippen LogP contribution in [-0.4, -0.2) is 26.3 Å². The van der Waals surface area contributed by atoms with Crippen LogP contribution in [0.1, 0.15) is 20.7 Å². The van der Waals surface area contributed by atoms with Crippen LogP contribution in [0, 0.1) is 0 Å². The quantitative estimate of drug-likeness (QED) is 0.489. The second kappa shape index (κ2) is 6.93. The van der Waals surface area contributed by atoms with Gasteiger partial charge in [-0.05, 0) is 22.0 Å². The number of nitrogens with one attached hydrogen (secondary N) is 1. The van der Waals surface area contributed by atoms with Crippen molar-refractivity contribution in [3.05, 3.63) is 52.0 Å². The standard InChI is InChI=1S/C18H15BrN2O3S/c1-20-18(23)16-12-7-13(19)14(21(2)25)8-15(12)24-17(16)11-5-3-10(9-22)4-6-11/h3-9,25H,1-2H3,(H,20,23). The van der Waals surface area contributed by atoms with E-state index in [0.717, 1.165) is 22.0 Å². The number of thiol groups is 1. The van der Waals surface area contributed by atoms with Crippen molar-refractivity contribution in [1.82, 2.24) is 5.32 Å². The predicted molar refractivity (Wildman–Crippen MR) is 106 cm³/mol. The highest BCUT2D eigenvalue weighted by molar-refractivity contribution is 9.10. The number of halogens is 1. The lowest BCUT2D eigenvalue weighted by Crippen LogP contribution is -2.18. The van der Waals surface area contributed by atoms with E-state index in [0.29, 0.717) is 27.9 Å². The van der Waals surface area contributed by atoms with Crippen LogP contribution in [0.4, 0.5) is 5.69 Å². The van der Waals surface area contributed by atoms with Crippen molar-refractivity contribution in [2.24, 2.45) is 0 Å². The fourth-order valence-corrected chi connectivity index (χ4v) is 3.53. The zero-order valence-corrected chi connectivity index (χ0v) is 16.0. The number of anilines is 1. The Hall–Kier alpha value is -2.25. The van der Waals surface area contributed by atoms with E-state index in [9.17, 15) is 9.59 Å². The molecular weight excluding hydrogens is 404 g/mol. The molecule has 0 spiro atoms. The molecule has 0 saturated carbocycles. The van der Waals surface area contributed by atoms with E-state index in [2.05, 4.69) is 34.1 Å². The van der Waals surface area contributed by atoms with Gasteiger partial charge in [0.2, 0.25) is 0 Å². The Morgan fingerprint density at radius 1 is 1.28 bits per heavy atom. The molecule has 0 aliphatic carbocycles. The van der Waals surface area contributed by atoms with Crippen LogP contribution >= 0.6 is 28.7 Å². The van der Waals surface area contributed by atoms with Gasteiger partial charge < -0.3 is 14.0 Å². The number of amides is 1. The molecule has 5 nitrogen and oxygen atoms in total. The summed E-state index contributed by atoms with van der Waals surface area (Å²) in [5.41, 5.74) is 3.12. The summed E-state index contributed by atoms with van der Waals surface area (Å²) in [5, 5.41) is 3.35. The van der Waals surface area contributed by atoms with Crippen molar-refractivity contribution in [3.63, 3.8) is 0 Å². The van der Waals surface area contributed by atoms with Crippen LogP contribution in [-0.2, 0) is 0 Å². The lowest BCUT2D eigenvalue weighted by molar-refractivity contribution is 0.0964. The van der Waals surface area contributed by atoms with Gasteiger partial charge in [0.1, 0.15) is 17.6 Å². The van der Waals surface area contributed by atoms with Crippen molar-refractivity contribution < 1.29 is 14.0 Å². The van der Waals surface area contributed by atoms with Gasteiger partial charge in [-0.25, -0.2) is 0 Å². The molecule has 1 heterocycles. The van der Waals surface area contributed by atoms with Gasteiger partial charge in [-0.1, -0.05) is 37.1 Å². The molecule has 1 N–H and O–H groups in total. The SMILES string of the molecule is CNC(=O)c1c(-c2ccc(C=O)cc2)oc2cc(N(C)S)c(Br)cc12. The average Bonchev–Trinajstić information content (AvgIpc) is 2.98. The molecule has 7 heteroatoms. The van der Waals surface area contributed by atoms with Crippen molar-refractivity contribution in [2.45, 2.75) is 0 Å². The summed E-state index contributed by atoms with van der Waals surface area (Å²) in [4.78, 5) is 23.3. The third-order valence-electron chi connectivity index (χ3n) is 3.87. The Labute approximate surface area is 158 Å². The third kappa shape index (κ3) is 3.17. The summed E-state index contributed by atoms with van der Waals surface area (Å²) in [6, 6.07) is 10.6. The first-order valence-corrected chi connectivity index (χ1v) is 8.62. The predicted octanol–water partition coefficient (Wildman–Crippen LogP) is 4.32. The molecular formula is C18H15BrN2O3S. The molecule has 0 aliphatic rings. The molecule has 128 valence electrons. The highest BCUT2D eigenvalue weighted by Crippen LogP contribution is 2.39. The van der Waals surface area contributed by atoms with Gasteiger partial charge in [0.25, 0.3) is 5.91 Å². The van der Waals surface area contributed by atoms with E-state index in [-0.39, 0.29) is 5.91 Å². The summed E-state index contributed by atoms with van der Waals surface area (Å²) in [5.74, 6) is 0.213. The number of benzene rings is 2. The van der Waals surface area contributed by atoms with Gasteiger partial charge in [0.05, 0.1) is 11.3 Å². The maximum Gasteiger partial charge on any atom is 0.255 e. The topological polar surface area (TPSA) is 62.6 Å². The number of rotatable bonds is 4. The van der Waals surface area contributed by atoms with Gasteiger partial charge >= 0.3 is 0 Å². The minimum atomic E-state index is -0.243. The van der Waals surface area contributed by atoms with E-state index in [1.807, 2.05) is 12.1 Å². The number of hydrogen-bond donors (Lipinski definition) is 2. The number of nitrogens with zero attached hydrogens (tertiary/aromatic N) is 1. The average molecular weight is 419 g/mol. The Kier molecular flexibility index (Phi) is 4.87. The van der Waals surface area contributed by atoms with Gasteiger partial charge in [-0.3, -0.25) is 9.59 Å². The van der Waals surface area contributed by atoms with Gasteiger partial charge in [-0.15, -0.1) is 0 Å². The van der Waals surface area contributed by atoms with Crippen LogP contribution in [0.15, 0.2) is 45.3 Å². The molecule has 3 rings (SSSR count). The lowest BCUT2D eigenvalue weighted by Gasteiger charge is -2.12. The van der Waals surface area contributed by atoms with Crippen molar-refractivity contribution >= 4 is 57.6 Å². The summed E-state index contributed by atoms with van der Waals surface area (Å²) in [6.45, 7) is 0. The minimum absolute atomic E-state index is 0.243. The summed E-state index contributed by atoms with van der Waals surface area (Å²) >= 11 is 7.82. The first-order valence-electron chi connectivity index (χ1n) is 7.42. The number of hydrogen-bond acceptors (Lipinski definition) is 5. The molecule has 0 radical (unpaired) electrons. The van der Waals surface area contributed by atoms with Crippen LogP contribution in [0.3, 0.4) is 0 Å². The fraction of sp³-hybridized carbons (Fsp3) is 0.111. The van der Waals surface area contributed by atoms with Crippen molar-refractivity contribution in [3.8, 4) is 11.3 Å². The second-order valence-corrected chi connectivity index (χ2v) is 6.90. The van der Waals surface area contributed by atoms with Crippen molar-refractivity contribution in [1.29, 1.82) is 0 Å². The van der Waals surface area contributed by atoms with E-state index in [1.165, 1.54) is 0 Å². The molecule has 0 aliphatic heterocycles. The monoisotopic (exact) mass is 418 g/mol. The van der Waals surface area contributed by atoms with Crippen LogP contribution in [0.25, 0.3) is 22.3 Å². The molecule has 0 unspecified atom stereocenters. The molecule has 1 amide bonds. The lowest BCUT2D eigenvalue weighted by atomic mass is 10.0. The Morgan fingerprint density at radius 2 is 1.96 bits per heavy atom. The largest absolute Gasteiger partial charge is 0.455 e. The van der Waals surface area contributed by atoms with E-state index in [4.69, 9.17) is 4.42 Å². The molecule has 3 aromatic rings. The Morgan fingerprint density at radius 3 is 2.52 bits per heavy atom. The molecule has 0 saturated heterocycles. The minimum Gasteiger partial charge on any atom is -0.455 e. The zero-order valence-electron chi connectivity index (χ0n) is 13.5. The molecule has 1 aromatic heterocycles. The Balaban J connectivity index is 2.29. The van der Waals surface area contributed by atoms with Gasteiger partial charge in [0.15, 0.2) is 0 Å². The summed E-state index contributed by atoms with van der Waals surface area (Å²) in [7, 11) is 3.38. The van der Waals surface area contributed by atoms with E-state index < -0.39 is 0 Å². The number of fused-ring (bicyclic) bond motifs is 1. The fourth-order valence-electron chi connectivity index (χ4n) is 2.62. The second-order valence-electron chi connectivity index (χ2n) is 5.45. The highest BCUT2D eigenvalue weighted by Gasteiger charge is 2.23. The van der Waals surface area contributed by atoms with Gasteiger partial charge in [-0.2, -0.15) is 0 Å². The molecule has 0 atom stereocenters. The normalized spacial score (nSPS) is 10.7. The number of aldehydes is 1. The zero-order chi connectivity index (χ0) is 18.1. The number of carbonyl (C=O) groups is 2. The van der Waals surface area contributed by atoms with Crippen LogP contribution in [0.2, 0.25) is 0 Å². The smallest absolute Gasteiger partial charge is 0.255 e. The van der Waals surface area contributed by atoms with E-state index >= 15 is 0 Å². The van der Waals surface area contributed by atoms with Gasteiger partial charge in [0, 0.05) is 41.1 Å². The highest BCUT2D eigenvalue weighted by atomic mass is 79.9. The molecule has 0 fully saturated rings. The number of furan rings is 1. The van der Waals surface area contributed by atoms with Crippen LogP contribution in [0.5, 0.6) is 0 Å². The third-order valence-corrected chi connectivity index (χ3v) is 4.72. The first-order chi connectivity index (χ1) is 12.0.